The van der Waals surface area contributed by atoms with Crippen LogP contribution in [0, 0.1) is 0 Å². The number of Topliss-reactive ketones (excluding diaryl/α,β-unsaturated/α-hetero) is 1. The van der Waals surface area contributed by atoms with Gasteiger partial charge in [-0.2, -0.15) is 8.42 Å². The van der Waals surface area contributed by atoms with Crippen molar-refractivity contribution >= 4 is 61.2 Å². The van der Waals surface area contributed by atoms with Gasteiger partial charge in [-0.3, -0.25) is 23.7 Å². The van der Waals surface area contributed by atoms with E-state index in [4.69, 9.17) is 9.29 Å². The fourth-order valence-electron chi connectivity index (χ4n) is 2.78. The molecule has 1 atom stereocenters. The van der Waals surface area contributed by atoms with Gasteiger partial charge in [0.1, 0.15) is 17.4 Å². The molecule has 0 bridgehead atoms. The first kappa shape index (κ1) is 28.7. The molecule has 1 fully saturated rings. The van der Waals surface area contributed by atoms with Crippen LogP contribution in [0.3, 0.4) is 0 Å². The quantitative estimate of drug-likeness (QED) is 0.110. The highest BCUT2D eigenvalue weighted by Crippen LogP contribution is 2.28. The molecule has 192 valence electrons. The monoisotopic (exact) mass is 548 g/mol. The lowest BCUT2D eigenvalue weighted by Crippen LogP contribution is -2.36. The Hall–Kier alpha value is -2.49. The predicted molar refractivity (Wildman–Crippen MR) is 124 cm³/mol. The minimum atomic E-state index is -4.79. The number of hydroxylamine groups is 2. The Morgan fingerprint density at radius 3 is 2.49 bits per heavy atom. The highest BCUT2D eigenvalue weighted by molar-refractivity contribution is 8.76. The lowest BCUT2D eigenvalue weighted by atomic mass is 10.1. The van der Waals surface area contributed by atoms with Gasteiger partial charge in [-0.05, 0) is 35.8 Å². The Kier molecular flexibility index (Phi) is 11.6. The van der Waals surface area contributed by atoms with Gasteiger partial charge in [0.05, 0.1) is 12.8 Å². The summed E-state index contributed by atoms with van der Waals surface area (Å²) in [4.78, 5) is 67.6. The summed E-state index contributed by atoms with van der Waals surface area (Å²) in [6.07, 6.45) is 1.23. The Balaban J connectivity index is 1.52. The molecule has 2 heterocycles. The first-order chi connectivity index (χ1) is 16.6. The topological polar surface area (TPSA) is 174 Å². The maximum Gasteiger partial charge on any atom is 0.333 e. The van der Waals surface area contributed by atoms with E-state index < -0.39 is 45.5 Å². The lowest BCUT2D eigenvalue weighted by Gasteiger charge is -2.13. The number of carbonyl (C=O) groups is 5. The van der Waals surface area contributed by atoms with Gasteiger partial charge >= 0.3 is 11.9 Å². The van der Waals surface area contributed by atoms with Crippen molar-refractivity contribution in [3.63, 3.8) is 0 Å². The molecule has 0 aliphatic carbocycles. The number of hydrogen-bond donors (Lipinski definition) is 1. The summed E-state index contributed by atoms with van der Waals surface area (Å²) in [5.41, 5.74) is 0. The maximum absolute atomic E-state index is 11.9. The highest BCUT2D eigenvalue weighted by atomic mass is 33.1. The summed E-state index contributed by atoms with van der Waals surface area (Å²) in [5.74, 6) is -3.44. The first-order valence-corrected chi connectivity index (χ1v) is 14.3. The molecule has 0 aromatic carbocycles. The molecule has 1 saturated heterocycles. The molecule has 0 radical (unpaired) electrons. The van der Waals surface area contributed by atoms with E-state index in [2.05, 4.69) is 9.82 Å². The Labute approximate surface area is 209 Å². The molecule has 1 N–H and O–H groups in total. The number of ether oxygens (including phenoxy) is 1. The van der Waals surface area contributed by atoms with Crippen LogP contribution in [0.4, 0.5) is 0 Å². The van der Waals surface area contributed by atoms with Gasteiger partial charge < -0.3 is 9.57 Å². The molecule has 0 saturated carbocycles. The fourth-order valence-corrected chi connectivity index (χ4v) is 5.19. The average molecular weight is 549 g/mol. The summed E-state index contributed by atoms with van der Waals surface area (Å²) >= 11 is 0. The molecule has 12 nitrogen and oxygen atoms in total. The second kappa shape index (κ2) is 14.2. The van der Waals surface area contributed by atoms with Gasteiger partial charge in [-0.1, -0.05) is 16.9 Å². The van der Waals surface area contributed by atoms with E-state index in [0.29, 0.717) is 12.2 Å². The number of amides is 2. The standard InChI is InChI=1S/C20H24N2O10S3/c23-14(8-9-18(25)31-11-12-33-34-16-6-3-4-10-21-16)5-1-2-7-19(26)32-22-17(24)13-15(20(22)27)35(28,29)30/h3-4,6,10,15H,1-2,5,7-9,11-13H2,(H,28,29,30). The van der Waals surface area contributed by atoms with E-state index in [-0.39, 0.29) is 49.6 Å². The second-order valence-electron chi connectivity index (χ2n) is 7.24. The van der Waals surface area contributed by atoms with Crippen LogP contribution in [0.2, 0.25) is 0 Å². The van der Waals surface area contributed by atoms with E-state index in [0.717, 1.165) is 5.03 Å². The third kappa shape index (κ3) is 10.3. The number of imide groups is 1. The molecule has 1 aliphatic heterocycles. The van der Waals surface area contributed by atoms with Crippen molar-refractivity contribution in [1.29, 1.82) is 0 Å². The van der Waals surface area contributed by atoms with E-state index in [1.807, 2.05) is 18.2 Å². The lowest BCUT2D eigenvalue weighted by molar-refractivity contribution is -0.197. The predicted octanol–water partition coefficient (Wildman–Crippen LogP) is 1.75. The van der Waals surface area contributed by atoms with Gasteiger partial charge in [0.25, 0.3) is 21.9 Å². The first-order valence-electron chi connectivity index (χ1n) is 10.5. The summed E-state index contributed by atoms with van der Waals surface area (Å²) < 4.78 is 36.1. The van der Waals surface area contributed by atoms with E-state index in [1.165, 1.54) is 21.6 Å². The van der Waals surface area contributed by atoms with Crippen LogP contribution in [0.1, 0.15) is 44.9 Å². The largest absolute Gasteiger partial charge is 0.465 e. The van der Waals surface area contributed by atoms with Crippen molar-refractivity contribution in [2.45, 2.75) is 55.2 Å². The van der Waals surface area contributed by atoms with Gasteiger partial charge in [0, 0.05) is 31.2 Å². The van der Waals surface area contributed by atoms with Crippen molar-refractivity contribution in [2.75, 3.05) is 12.4 Å². The van der Waals surface area contributed by atoms with Crippen LogP contribution in [-0.2, 0) is 43.7 Å². The molecular formula is C20H24N2O10S3. The van der Waals surface area contributed by atoms with Crippen LogP contribution >= 0.6 is 21.6 Å². The molecule has 1 unspecified atom stereocenters. The van der Waals surface area contributed by atoms with E-state index in [1.54, 1.807) is 6.20 Å². The van der Waals surface area contributed by atoms with Gasteiger partial charge in [0.2, 0.25) is 0 Å². The number of carbonyl (C=O) groups excluding carboxylic acids is 5. The molecule has 2 amide bonds. The SMILES string of the molecule is O=C(CCCCC(=O)ON1C(=O)CC(S(=O)(=O)O)C1=O)CCC(=O)OCCSSc1ccccn1. The van der Waals surface area contributed by atoms with Crippen molar-refractivity contribution in [3.05, 3.63) is 24.4 Å². The number of aromatic nitrogens is 1. The third-order valence-corrected chi connectivity index (χ3v) is 7.84. The van der Waals surface area contributed by atoms with Crippen LogP contribution in [0.15, 0.2) is 29.4 Å². The minimum absolute atomic E-state index is 0.00686. The number of unbranched alkanes of at least 4 members (excludes halogenated alkanes) is 1. The number of esters is 1. The van der Waals surface area contributed by atoms with Crippen molar-refractivity contribution in [1.82, 2.24) is 10.0 Å². The normalized spacial score (nSPS) is 15.8. The molecule has 1 aromatic rings. The second-order valence-corrected chi connectivity index (χ2v) is 11.3. The van der Waals surface area contributed by atoms with Crippen LogP contribution in [0.25, 0.3) is 0 Å². The van der Waals surface area contributed by atoms with Crippen LogP contribution in [0.5, 0.6) is 0 Å². The van der Waals surface area contributed by atoms with Gasteiger partial charge in [-0.25, -0.2) is 9.78 Å². The van der Waals surface area contributed by atoms with Crippen LogP contribution < -0.4 is 0 Å². The van der Waals surface area contributed by atoms with E-state index >= 15 is 0 Å². The van der Waals surface area contributed by atoms with Crippen LogP contribution in [-0.4, -0.2) is 70.2 Å². The molecule has 0 spiro atoms. The summed E-state index contributed by atoms with van der Waals surface area (Å²) in [6.45, 7) is 0.215. The molecule has 1 aromatic heterocycles. The Morgan fingerprint density at radius 2 is 1.83 bits per heavy atom. The summed E-state index contributed by atoms with van der Waals surface area (Å²) in [6, 6.07) is 5.57. The maximum atomic E-state index is 11.9. The number of rotatable bonds is 15. The van der Waals surface area contributed by atoms with E-state index in [9.17, 15) is 32.4 Å². The van der Waals surface area contributed by atoms with Crippen molar-refractivity contribution in [3.8, 4) is 0 Å². The van der Waals surface area contributed by atoms with Crippen molar-refractivity contribution in [2.24, 2.45) is 0 Å². The average Bonchev–Trinajstić information content (AvgIpc) is 3.09. The smallest absolute Gasteiger partial charge is 0.333 e. The fraction of sp³-hybridized carbons (Fsp3) is 0.500. The summed E-state index contributed by atoms with van der Waals surface area (Å²) in [5, 5.41) is -1.10. The molecule has 15 heteroatoms. The third-order valence-electron chi connectivity index (χ3n) is 4.52. The number of ketones is 1. The summed E-state index contributed by atoms with van der Waals surface area (Å²) in [7, 11) is -1.83. The van der Waals surface area contributed by atoms with Crippen molar-refractivity contribution < 1.29 is 46.5 Å². The zero-order valence-electron chi connectivity index (χ0n) is 18.5. The zero-order valence-corrected chi connectivity index (χ0v) is 20.9. The zero-order chi connectivity index (χ0) is 25.8. The molecule has 1 aliphatic rings. The molecule has 35 heavy (non-hydrogen) atoms. The number of pyridine rings is 1. The highest BCUT2D eigenvalue weighted by Gasteiger charge is 2.48. The number of nitrogens with zero attached hydrogens (tertiary/aromatic N) is 2. The molecular weight excluding hydrogens is 524 g/mol. The Bertz CT molecular complexity index is 1030. The van der Waals surface area contributed by atoms with Gasteiger partial charge in [0.15, 0.2) is 5.25 Å². The Morgan fingerprint density at radius 1 is 1.09 bits per heavy atom. The van der Waals surface area contributed by atoms with Gasteiger partial charge in [-0.15, -0.1) is 5.06 Å². The minimum Gasteiger partial charge on any atom is -0.465 e. The molecule has 2 rings (SSSR count). The number of hydrogen-bond acceptors (Lipinski definition) is 12.